The molecule has 0 amide bonds. The van der Waals surface area contributed by atoms with E-state index in [0.717, 1.165) is 54.8 Å². The molecule has 1 fully saturated rings. The summed E-state index contributed by atoms with van der Waals surface area (Å²) < 4.78 is 2.03. The van der Waals surface area contributed by atoms with Crippen molar-refractivity contribution in [3.8, 4) is 11.3 Å². The summed E-state index contributed by atoms with van der Waals surface area (Å²) >= 11 is 0. The van der Waals surface area contributed by atoms with E-state index >= 15 is 0 Å². The van der Waals surface area contributed by atoms with Crippen LogP contribution in [0.1, 0.15) is 24.4 Å². The zero-order chi connectivity index (χ0) is 18.1. The van der Waals surface area contributed by atoms with Gasteiger partial charge in [-0.05, 0) is 39.0 Å². The minimum Gasteiger partial charge on any atom is -0.383 e. The molecule has 0 saturated carbocycles. The predicted molar refractivity (Wildman–Crippen MR) is 104 cm³/mol. The zero-order valence-corrected chi connectivity index (χ0v) is 15.3. The normalized spacial score (nSPS) is 17.9. The van der Waals surface area contributed by atoms with Crippen LogP contribution in [0.2, 0.25) is 0 Å². The number of anilines is 1. The Morgan fingerprint density at radius 2 is 2.04 bits per heavy atom. The van der Waals surface area contributed by atoms with E-state index in [9.17, 15) is 0 Å². The molecular weight excluding hydrogens is 326 g/mol. The average Bonchev–Trinajstić information content (AvgIpc) is 3.04. The Kier molecular flexibility index (Phi) is 4.57. The topological polar surface area (TPSA) is 84.9 Å². The van der Waals surface area contributed by atoms with Gasteiger partial charge in [-0.3, -0.25) is 0 Å². The highest BCUT2D eigenvalue weighted by Gasteiger charge is 2.23. The summed E-state index contributed by atoms with van der Waals surface area (Å²) in [6.45, 7) is 2.88. The highest BCUT2D eigenvalue weighted by atomic mass is 15.3. The standard InChI is InChI=1S/C19H25N7/c1-25(2)11-13-5-7-14(8-6-13)17-16-18(20)22-12-23-19(16)26(24-17)15-4-3-9-21-10-15/h5-8,12,15,21H,3-4,9-11H2,1-2H3,(H2,20,22,23)/t15-/m1/s1. The molecule has 0 aliphatic carbocycles. The van der Waals surface area contributed by atoms with Gasteiger partial charge in [-0.2, -0.15) is 5.10 Å². The number of nitrogens with one attached hydrogen (secondary N) is 1. The van der Waals surface area contributed by atoms with E-state index in [1.807, 2.05) is 4.68 Å². The third kappa shape index (κ3) is 3.15. The largest absolute Gasteiger partial charge is 0.383 e. The third-order valence-corrected chi connectivity index (χ3v) is 4.86. The summed E-state index contributed by atoms with van der Waals surface area (Å²) in [4.78, 5) is 10.8. The molecule has 7 nitrogen and oxygen atoms in total. The Labute approximate surface area is 153 Å². The second-order valence-corrected chi connectivity index (χ2v) is 7.19. The quantitative estimate of drug-likeness (QED) is 0.748. The number of aromatic nitrogens is 4. The maximum absolute atomic E-state index is 6.21. The van der Waals surface area contributed by atoms with Gasteiger partial charge >= 0.3 is 0 Å². The van der Waals surface area contributed by atoms with Gasteiger partial charge in [0.1, 0.15) is 17.8 Å². The molecule has 1 aliphatic rings. The molecule has 0 bridgehead atoms. The van der Waals surface area contributed by atoms with Crippen LogP contribution in [0.15, 0.2) is 30.6 Å². The van der Waals surface area contributed by atoms with E-state index in [0.29, 0.717) is 11.9 Å². The number of hydrogen-bond acceptors (Lipinski definition) is 6. The van der Waals surface area contributed by atoms with E-state index in [4.69, 9.17) is 10.8 Å². The average molecular weight is 351 g/mol. The lowest BCUT2D eigenvalue weighted by Gasteiger charge is -2.23. The lowest BCUT2D eigenvalue weighted by Crippen LogP contribution is -2.32. The van der Waals surface area contributed by atoms with Crippen molar-refractivity contribution < 1.29 is 0 Å². The molecule has 1 saturated heterocycles. The van der Waals surface area contributed by atoms with Crippen LogP contribution in [0.4, 0.5) is 5.82 Å². The first-order valence-corrected chi connectivity index (χ1v) is 9.07. The van der Waals surface area contributed by atoms with Crippen molar-refractivity contribution in [2.24, 2.45) is 0 Å². The van der Waals surface area contributed by atoms with Crippen LogP contribution in [-0.2, 0) is 6.54 Å². The number of hydrogen-bond donors (Lipinski definition) is 2. The van der Waals surface area contributed by atoms with Crippen LogP contribution >= 0.6 is 0 Å². The number of piperidine rings is 1. The van der Waals surface area contributed by atoms with Crippen molar-refractivity contribution in [1.29, 1.82) is 0 Å². The number of nitrogens with zero attached hydrogens (tertiary/aromatic N) is 5. The number of nitrogen functional groups attached to an aromatic ring is 1. The molecule has 3 aromatic rings. The molecule has 0 unspecified atom stereocenters. The van der Waals surface area contributed by atoms with E-state index in [1.54, 1.807) is 0 Å². The van der Waals surface area contributed by atoms with Crippen LogP contribution in [0.25, 0.3) is 22.3 Å². The molecule has 7 heteroatoms. The summed E-state index contributed by atoms with van der Waals surface area (Å²) in [5, 5.41) is 9.21. The lowest BCUT2D eigenvalue weighted by molar-refractivity contribution is 0.354. The van der Waals surface area contributed by atoms with E-state index in [-0.39, 0.29) is 0 Å². The molecule has 0 radical (unpaired) electrons. The van der Waals surface area contributed by atoms with Crippen molar-refractivity contribution in [3.05, 3.63) is 36.2 Å². The lowest BCUT2D eigenvalue weighted by atomic mass is 10.1. The first kappa shape index (κ1) is 16.9. The van der Waals surface area contributed by atoms with Crippen LogP contribution in [0.5, 0.6) is 0 Å². The van der Waals surface area contributed by atoms with Gasteiger partial charge in [-0.25, -0.2) is 14.6 Å². The number of benzene rings is 1. The van der Waals surface area contributed by atoms with Crippen molar-refractivity contribution in [3.63, 3.8) is 0 Å². The van der Waals surface area contributed by atoms with Crippen molar-refractivity contribution in [2.45, 2.75) is 25.4 Å². The molecule has 1 atom stereocenters. The van der Waals surface area contributed by atoms with E-state index < -0.39 is 0 Å². The van der Waals surface area contributed by atoms with Gasteiger partial charge < -0.3 is 16.0 Å². The third-order valence-electron chi connectivity index (χ3n) is 4.86. The van der Waals surface area contributed by atoms with Gasteiger partial charge in [0.2, 0.25) is 0 Å². The fourth-order valence-corrected chi connectivity index (χ4v) is 3.63. The van der Waals surface area contributed by atoms with Gasteiger partial charge in [0.15, 0.2) is 5.65 Å². The Morgan fingerprint density at radius 3 is 2.73 bits per heavy atom. The smallest absolute Gasteiger partial charge is 0.164 e. The highest BCUT2D eigenvalue weighted by Crippen LogP contribution is 2.32. The van der Waals surface area contributed by atoms with Crippen molar-refractivity contribution in [1.82, 2.24) is 30.0 Å². The van der Waals surface area contributed by atoms with E-state index in [2.05, 4.69) is 58.5 Å². The van der Waals surface area contributed by atoms with Crippen molar-refractivity contribution >= 4 is 16.9 Å². The van der Waals surface area contributed by atoms with Gasteiger partial charge in [0.05, 0.1) is 11.4 Å². The fourth-order valence-electron chi connectivity index (χ4n) is 3.63. The first-order chi connectivity index (χ1) is 12.6. The molecule has 1 aromatic carbocycles. The number of nitrogens with two attached hydrogens (primary N) is 1. The molecule has 3 N–H and O–H groups in total. The van der Waals surface area contributed by atoms with Gasteiger partial charge in [-0.1, -0.05) is 24.3 Å². The Hall–Kier alpha value is -2.51. The predicted octanol–water partition coefficient (Wildman–Crippen LogP) is 2.06. The summed E-state index contributed by atoms with van der Waals surface area (Å²) in [6.07, 6.45) is 3.76. The van der Waals surface area contributed by atoms with Crippen molar-refractivity contribution in [2.75, 3.05) is 32.9 Å². The minimum atomic E-state index is 0.294. The molecule has 3 heterocycles. The molecule has 0 spiro atoms. The first-order valence-electron chi connectivity index (χ1n) is 9.07. The van der Waals surface area contributed by atoms with Crippen LogP contribution in [-0.4, -0.2) is 51.8 Å². The molecular formula is C19H25N7. The second-order valence-electron chi connectivity index (χ2n) is 7.19. The maximum atomic E-state index is 6.21. The molecule has 136 valence electrons. The number of fused-ring (bicyclic) bond motifs is 1. The Balaban J connectivity index is 1.79. The number of rotatable bonds is 4. The molecule has 26 heavy (non-hydrogen) atoms. The summed E-state index contributed by atoms with van der Waals surface area (Å²) in [5.74, 6) is 0.484. The van der Waals surface area contributed by atoms with E-state index in [1.165, 1.54) is 11.9 Å². The highest BCUT2D eigenvalue weighted by molar-refractivity contribution is 5.98. The van der Waals surface area contributed by atoms with Crippen LogP contribution in [0, 0.1) is 0 Å². The molecule has 4 rings (SSSR count). The van der Waals surface area contributed by atoms with Gasteiger partial charge in [-0.15, -0.1) is 0 Å². The minimum absolute atomic E-state index is 0.294. The Morgan fingerprint density at radius 1 is 1.23 bits per heavy atom. The maximum Gasteiger partial charge on any atom is 0.164 e. The monoisotopic (exact) mass is 351 g/mol. The Bertz CT molecular complexity index is 892. The van der Waals surface area contributed by atoms with Gasteiger partial charge in [0.25, 0.3) is 0 Å². The van der Waals surface area contributed by atoms with Crippen LogP contribution in [0.3, 0.4) is 0 Å². The summed E-state index contributed by atoms with van der Waals surface area (Å²) in [5.41, 5.74) is 10.2. The second kappa shape index (κ2) is 7.01. The SMILES string of the molecule is CN(C)Cc1ccc(-c2nn([C@@H]3CCCNC3)c3ncnc(N)c23)cc1. The zero-order valence-electron chi connectivity index (χ0n) is 15.3. The fraction of sp³-hybridized carbons (Fsp3) is 0.421. The van der Waals surface area contributed by atoms with Gasteiger partial charge in [0, 0.05) is 18.7 Å². The summed E-state index contributed by atoms with van der Waals surface area (Å²) in [7, 11) is 4.14. The molecule has 1 aliphatic heterocycles. The summed E-state index contributed by atoms with van der Waals surface area (Å²) in [6, 6.07) is 8.79. The van der Waals surface area contributed by atoms with Crippen LogP contribution < -0.4 is 11.1 Å². The molecule has 2 aromatic heterocycles.